The van der Waals surface area contributed by atoms with Crippen molar-refractivity contribution in [1.82, 2.24) is 15.1 Å². The number of carbonyl (C=O) groups is 3. The van der Waals surface area contributed by atoms with Crippen molar-refractivity contribution in [2.75, 3.05) is 44.6 Å². The third-order valence-electron chi connectivity index (χ3n) is 8.16. The zero-order chi connectivity index (χ0) is 24.7. The summed E-state index contributed by atoms with van der Waals surface area (Å²) in [6.45, 7) is 3.82. The first-order valence-electron chi connectivity index (χ1n) is 12.5. The van der Waals surface area contributed by atoms with Gasteiger partial charge in [0.15, 0.2) is 0 Å². The SMILES string of the molecule is O=C1CCC(Nc2cc(F)c(C3CC4(C3)CN(CC3CCN(C(=O)CO)CC3)C4)c(F)c2)C(=O)N1. The first-order chi connectivity index (χ1) is 16.7. The van der Waals surface area contributed by atoms with E-state index in [4.69, 9.17) is 5.11 Å². The lowest BCUT2D eigenvalue weighted by molar-refractivity contribution is -0.136. The van der Waals surface area contributed by atoms with Crippen LogP contribution in [0.2, 0.25) is 0 Å². The van der Waals surface area contributed by atoms with E-state index in [-0.39, 0.29) is 47.2 Å². The Bertz CT molecular complexity index is 990. The van der Waals surface area contributed by atoms with Gasteiger partial charge in [0.2, 0.25) is 17.7 Å². The highest BCUT2D eigenvalue weighted by molar-refractivity contribution is 6.01. The Labute approximate surface area is 203 Å². The molecule has 0 aromatic heterocycles. The quantitative estimate of drug-likeness (QED) is 0.524. The maximum Gasteiger partial charge on any atom is 0.249 e. The molecular formula is C25H32F2N4O4. The number of anilines is 1. The van der Waals surface area contributed by atoms with Crippen LogP contribution in [0.15, 0.2) is 12.1 Å². The van der Waals surface area contributed by atoms with Crippen LogP contribution >= 0.6 is 0 Å². The summed E-state index contributed by atoms with van der Waals surface area (Å²) >= 11 is 0. The number of rotatable bonds is 6. The second-order valence-electron chi connectivity index (χ2n) is 10.8. The van der Waals surface area contributed by atoms with E-state index in [0.29, 0.717) is 19.0 Å². The average Bonchev–Trinajstić information content (AvgIpc) is 2.77. The van der Waals surface area contributed by atoms with Gasteiger partial charge in [-0.25, -0.2) is 8.78 Å². The molecule has 3 saturated heterocycles. The molecule has 4 aliphatic rings. The Morgan fingerprint density at radius 1 is 1.11 bits per heavy atom. The smallest absolute Gasteiger partial charge is 0.249 e. The minimum atomic E-state index is -0.687. The largest absolute Gasteiger partial charge is 0.387 e. The van der Waals surface area contributed by atoms with E-state index in [0.717, 1.165) is 45.3 Å². The third-order valence-corrected chi connectivity index (χ3v) is 8.16. The summed E-state index contributed by atoms with van der Waals surface area (Å²) in [4.78, 5) is 38.9. The van der Waals surface area contributed by atoms with Gasteiger partial charge in [0.05, 0.1) is 0 Å². The third kappa shape index (κ3) is 4.91. The highest BCUT2D eigenvalue weighted by atomic mass is 19.1. The summed E-state index contributed by atoms with van der Waals surface area (Å²) in [6, 6.07) is 1.80. The molecule has 1 aliphatic carbocycles. The molecule has 1 atom stereocenters. The van der Waals surface area contributed by atoms with Gasteiger partial charge in [0.1, 0.15) is 24.3 Å². The Balaban J connectivity index is 1.10. The van der Waals surface area contributed by atoms with E-state index in [9.17, 15) is 23.2 Å². The van der Waals surface area contributed by atoms with Crippen molar-refractivity contribution >= 4 is 23.4 Å². The van der Waals surface area contributed by atoms with Gasteiger partial charge in [-0.15, -0.1) is 0 Å². The van der Waals surface area contributed by atoms with Gasteiger partial charge >= 0.3 is 0 Å². The normalized spacial score (nSPS) is 25.2. The molecule has 0 radical (unpaired) electrons. The molecule has 1 unspecified atom stereocenters. The van der Waals surface area contributed by atoms with Crippen LogP contribution in [0, 0.1) is 23.0 Å². The highest BCUT2D eigenvalue weighted by Gasteiger charge is 2.53. The van der Waals surface area contributed by atoms with E-state index in [1.54, 1.807) is 4.90 Å². The van der Waals surface area contributed by atoms with Crippen LogP contribution in [0.3, 0.4) is 0 Å². The van der Waals surface area contributed by atoms with Crippen LogP contribution in [-0.2, 0) is 14.4 Å². The number of aliphatic hydroxyl groups is 1. The topological polar surface area (TPSA) is 102 Å². The minimum Gasteiger partial charge on any atom is -0.387 e. The molecule has 10 heteroatoms. The molecule has 4 fully saturated rings. The molecule has 3 amide bonds. The maximum atomic E-state index is 14.9. The summed E-state index contributed by atoms with van der Waals surface area (Å²) in [5, 5.41) is 14.1. The second-order valence-corrected chi connectivity index (χ2v) is 10.8. The number of halogens is 2. The predicted molar refractivity (Wildman–Crippen MR) is 123 cm³/mol. The van der Waals surface area contributed by atoms with E-state index < -0.39 is 30.2 Å². The lowest BCUT2D eigenvalue weighted by atomic mass is 9.56. The highest BCUT2D eigenvalue weighted by Crippen LogP contribution is 2.57. The first-order valence-corrected chi connectivity index (χ1v) is 12.5. The Kier molecular flexibility index (Phi) is 6.52. The second kappa shape index (κ2) is 9.46. The molecule has 190 valence electrons. The van der Waals surface area contributed by atoms with E-state index >= 15 is 0 Å². The summed E-state index contributed by atoms with van der Waals surface area (Å²) in [5.41, 5.74) is 0.471. The van der Waals surface area contributed by atoms with Crippen LogP contribution < -0.4 is 10.6 Å². The molecule has 8 nitrogen and oxygen atoms in total. The van der Waals surface area contributed by atoms with Gasteiger partial charge in [-0.2, -0.15) is 0 Å². The number of hydrogen-bond donors (Lipinski definition) is 3. The van der Waals surface area contributed by atoms with Crippen molar-refractivity contribution in [3.05, 3.63) is 29.3 Å². The van der Waals surface area contributed by atoms with Gasteiger partial charge in [0, 0.05) is 50.4 Å². The summed E-state index contributed by atoms with van der Waals surface area (Å²) in [7, 11) is 0. The van der Waals surface area contributed by atoms with Crippen molar-refractivity contribution in [1.29, 1.82) is 0 Å². The van der Waals surface area contributed by atoms with Crippen LogP contribution in [0.5, 0.6) is 0 Å². The fourth-order valence-electron chi connectivity index (χ4n) is 6.40. The van der Waals surface area contributed by atoms with Gasteiger partial charge in [0.25, 0.3) is 0 Å². The van der Waals surface area contributed by atoms with E-state index in [2.05, 4.69) is 15.5 Å². The summed E-state index contributed by atoms with van der Waals surface area (Å²) in [5.74, 6) is -1.83. The van der Waals surface area contributed by atoms with E-state index in [1.807, 2.05) is 0 Å². The number of hydrogen-bond acceptors (Lipinski definition) is 6. The number of imide groups is 1. The minimum absolute atomic E-state index is 0.129. The molecule has 1 saturated carbocycles. The molecule has 5 rings (SSSR count). The molecule has 1 spiro atoms. The molecule has 0 bridgehead atoms. The fraction of sp³-hybridized carbons (Fsp3) is 0.640. The molecular weight excluding hydrogens is 458 g/mol. The number of benzene rings is 1. The molecule has 3 aliphatic heterocycles. The monoisotopic (exact) mass is 490 g/mol. The summed E-state index contributed by atoms with van der Waals surface area (Å²) in [6.07, 6.45) is 3.88. The van der Waals surface area contributed by atoms with Crippen molar-refractivity contribution in [3.63, 3.8) is 0 Å². The number of piperidine rings is 2. The van der Waals surface area contributed by atoms with Crippen molar-refractivity contribution in [2.24, 2.45) is 11.3 Å². The number of likely N-dealkylation sites (tertiary alicyclic amines) is 2. The Morgan fingerprint density at radius 2 is 1.77 bits per heavy atom. The Morgan fingerprint density at radius 3 is 2.37 bits per heavy atom. The molecule has 1 aromatic rings. The van der Waals surface area contributed by atoms with Gasteiger partial charge in [-0.3, -0.25) is 19.7 Å². The van der Waals surface area contributed by atoms with Crippen LogP contribution in [0.1, 0.15) is 50.0 Å². The van der Waals surface area contributed by atoms with Crippen molar-refractivity contribution < 1.29 is 28.3 Å². The van der Waals surface area contributed by atoms with Crippen molar-refractivity contribution in [3.8, 4) is 0 Å². The lowest BCUT2D eigenvalue weighted by Crippen LogP contribution is -2.62. The standard InChI is InChI=1S/C25H32F2N4O4/c26-18-7-17(28-20-1-2-21(33)29-24(20)35)8-19(27)23(18)16-9-25(10-16)13-30(14-25)11-15-3-5-31(6-4-15)22(34)12-32/h7-8,15-16,20,28,32H,1-6,9-14H2,(H,29,33,35). The zero-order valence-electron chi connectivity index (χ0n) is 19.7. The Hall–Kier alpha value is -2.59. The molecule has 3 heterocycles. The average molecular weight is 491 g/mol. The van der Waals surface area contributed by atoms with Crippen LogP contribution in [-0.4, -0.2) is 78.0 Å². The summed E-state index contributed by atoms with van der Waals surface area (Å²) < 4.78 is 29.8. The number of amides is 3. The number of aliphatic hydroxyl groups excluding tert-OH is 1. The molecule has 3 N–H and O–H groups in total. The predicted octanol–water partition coefficient (Wildman–Crippen LogP) is 1.59. The number of nitrogens with one attached hydrogen (secondary N) is 2. The number of nitrogens with zero attached hydrogens (tertiary/aromatic N) is 2. The van der Waals surface area contributed by atoms with Gasteiger partial charge in [-0.05, 0) is 61.5 Å². The first kappa shape index (κ1) is 24.1. The van der Waals surface area contributed by atoms with Gasteiger partial charge in [-0.1, -0.05) is 0 Å². The molecule has 1 aromatic carbocycles. The van der Waals surface area contributed by atoms with Crippen molar-refractivity contribution in [2.45, 2.75) is 50.5 Å². The van der Waals surface area contributed by atoms with Crippen LogP contribution in [0.25, 0.3) is 0 Å². The van der Waals surface area contributed by atoms with Crippen LogP contribution in [0.4, 0.5) is 14.5 Å². The van der Waals surface area contributed by atoms with Gasteiger partial charge < -0.3 is 20.2 Å². The molecule has 35 heavy (non-hydrogen) atoms. The maximum absolute atomic E-state index is 14.9. The number of carbonyl (C=O) groups excluding carboxylic acids is 3. The zero-order valence-corrected chi connectivity index (χ0v) is 19.7. The fourth-order valence-corrected chi connectivity index (χ4v) is 6.40. The lowest BCUT2D eigenvalue weighted by Gasteiger charge is -2.60. The van der Waals surface area contributed by atoms with E-state index in [1.165, 1.54) is 12.1 Å².